The number of ether oxygens (including phenoxy) is 1. The molecular weight excluding hydrogens is 244 g/mol. The van der Waals surface area contributed by atoms with Crippen LogP contribution in [0.2, 0.25) is 0 Å². The Kier molecular flexibility index (Phi) is 3.79. The number of Topliss-reactive ketones (excluding diaryl/α,β-unsaturated/α-hetero) is 1. The van der Waals surface area contributed by atoms with Gasteiger partial charge in [-0.15, -0.1) is 0 Å². The Morgan fingerprint density at radius 2 is 1.74 bits per heavy atom. The van der Waals surface area contributed by atoms with Gasteiger partial charge in [0, 0.05) is 12.3 Å². The highest BCUT2D eigenvalue weighted by molar-refractivity contribution is 5.97. The highest BCUT2D eigenvalue weighted by atomic mass is 16.6. The number of rotatable bonds is 4. The number of carbonyl (C=O) groups excluding carboxylic acids is 3. The van der Waals surface area contributed by atoms with Gasteiger partial charge in [-0.25, -0.2) is 0 Å². The number of hydrogen-bond donors (Lipinski definition) is 0. The minimum absolute atomic E-state index is 0.0461. The largest absolute Gasteiger partial charge is 0.393 e. The minimum Gasteiger partial charge on any atom is -0.393 e. The number of ketones is 1. The standard InChI is InChI=1S/C15H22O4/c1-7(2)5-11(16)13-10-6-9(12(13)8(3)4)14(17)19-15(10)18/h7-10,12-13H,5-6H2,1-4H3/t9-,10+,12-,13+/m0/s1. The van der Waals surface area contributed by atoms with Gasteiger partial charge in [-0.1, -0.05) is 27.7 Å². The average Bonchev–Trinajstić information content (AvgIpc) is 2.62. The van der Waals surface area contributed by atoms with Crippen molar-refractivity contribution in [2.75, 3.05) is 0 Å². The Morgan fingerprint density at radius 1 is 1.16 bits per heavy atom. The number of carbonyl (C=O) groups is 3. The predicted octanol–water partition coefficient (Wildman–Crippen LogP) is 2.21. The number of fused-ring (bicyclic) bond motifs is 2. The van der Waals surface area contributed by atoms with E-state index in [1.54, 1.807) is 0 Å². The fourth-order valence-electron chi connectivity index (χ4n) is 3.70. The lowest BCUT2D eigenvalue weighted by Crippen LogP contribution is -2.32. The van der Waals surface area contributed by atoms with Crippen LogP contribution >= 0.6 is 0 Å². The van der Waals surface area contributed by atoms with Crippen molar-refractivity contribution in [2.24, 2.45) is 35.5 Å². The summed E-state index contributed by atoms with van der Waals surface area (Å²) in [5.74, 6) is -1.38. The summed E-state index contributed by atoms with van der Waals surface area (Å²) in [6, 6.07) is 0. The second-order valence-electron chi connectivity index (χ2n) is 6.60. The third-order valence-corrected chi connectivity index (χ3v) is 4.38. The fraction of sp³-hybridized carbons (Fsp3) is 0.800. The van der Waals surface area contributed by atoms with Gasteiger partial charge in [0.1, 0.15) is 5.78 Å². The molecule has 2 bridgehead atoms. The van der Waals surface area contributed by atoms with Crippen LogP contribution < -0.4 is 0 Å². The predicted molar refractivity (Wildman–Crippen MR) is 69.0 cm³/mol. The monoisotopic (exact) mass is 266 g/mol. The highest BCUT2D eigenvalue weighted by Gasteiger charge is 2.57. The van der Waals surface area contributed by atoms with E-state index in [-0.39, 0.29) is 35.4 Å². The summed E-state index contributed by atoms with van der Waals surface area (Å²) in [6.07, 6.45) is 0.966. The van der Waals surface area contributed by atoms with E-state index < -0.39 is 17.9 Å². The molecule has 19 heavy (non-hydrogen) atoms. The van der Waals surface area contributed by atoms with Gasteiger partial charge < -0.3 is 4.74 Å². The maximum absolute atomic E-state index is 12.4. The van der Waals surface area contributed by atoms with Crippen molar-refractivity contribution >= 4 is 17.7 Å². The van der Waals surface area contributed by atoms with Gasteiger partial charge >= 0.3 is 11.9 Å². The molecule has 0 amide bonds. The summed E-state index contributed by atoms with van der Waals surface area (Å²) < 4.78 is 4.81. The molecule has 1 saturated carbocycles. The molecule has 4 atom stereocenters. The lowest BCUT2D eigenvalue weighted by molar-refractivity contribution is -0.169. The number of cyclic esters (lactones) is 2. The van der Waals surface area contributed by atoms with Gasteiger partial charge in [-0.3, -0.25) is 14.4 Å². The third-order valence-electron chi connectivity index (χ3n) is 4.38. The molecule has 2 aliphatic rings. The second kappa shape index (κ2) is 5.06. The minimum atomic E-state index is -0.494. The molecule has 106 valence electrons. The topological polar surface area (TPSA) is 60.4 Å². The Morgan fingerprint density at radius 3 is 2.26 bits per heavy atom. The van der Waals surface area contributed by atoms with E-state index in [1.165, 1.54) is 0 Å². The van der Waals surface area contributed by atoms with Crippen molar-refractivity contribution in [3.05, 3.63) is 0 Å². The Balaban J connectivity index is 2.31. The molecule has 0 aromatic rings. The van der Waals surface area contributed by atoms with Gasteiger partial charge in [0.2, 0.25) is 0 Å². The zero-order chi connectivity index (χ0) is 14.3. The van der Waals surface area contributed by atoms with Crippen LogP contribution in [-0.4, -0.2) is 17.7 Å². The van der Waals surface area contributed by atoms with E-state index in [4.69, 9.17) is 4.74 Å². The van der Waals surface area contributed by atoms with Crippen molar-refractivity contribution in [1.82, 2.24) is 0 Å². The van der Waals surface area contributed by atoms with Crippen LogP contribution in [0.3, 0.4) is 0 Å². The average molecular weight is 266 g/mol. The maximum Gasteiger partial charge on any atom is 0.317 e. The lowest BCUT2D eigenvalue weighted by atomic mass is 9.76. The first-order valence-electron chi connectivity index (χ1n) is 7.11. The molecule has 2 rings (SSSR count). The van der Waals surface area contributed by atoms with Crippen LogP contribution in [0.4, 0.5) is 0 Å². The van der Waals surface area contributed by atoms with Crippen LogP contribution in [0.25, 0.3) is 0 Å². The molecule has 0 aromatic heterocycles. The van der Waals surface area contributed by atoms with Gasteiger partial charge in [0.15, 0.2) is 0 Å². The smallest absolute Gasteiger partial charge is 0.317 e. The van der Waals surface area contributed by atoms with E-state index >= 15 is 0 Å². The molecule has 0 spiro atoms. The van der Waals surface area contributed by atoms with E-state index in [0.29, 0.717) is 12.8 Å². The molecule has 1 aliphatic carbocycles. The molecule has 0 aromatic carbocycles. The summed E-state index contributed by atoms with van der Waals surface area (Å²) in [4.78, 5) is 36.1. The van der Waals surface area contributed by atoms with Gasteiger partial charge in [0.25, 0.3) is 0 Å². The molecule has 2 fully saturated rings. The SMILES string of the molecule is CC(C)CC(=O)[C@@H]1[C@@H](C(C)C)[C@@H]2C[C@H]1C(=O)OC2=O. The van der Waals surface area contributed by atoms with Crippen LogP contribution in [0.15, 0.2) is 0 Å². The number of esters is 2. The van der Waals surface area contributed by atoms with Crippen LogP contribution in [0.5, 0.6) is 0 Å². The Labute approximate surface area is 113 Å². The van der Waals surface area contributed by atoms with Crippen LogP contribution in [-0.2, 0) is 19.1 Å². The first-order chi connectivity index (χ1) is 8.82. The van der Waals surface area contributed by atoms with Crippen LogP contribution in [0.1, 0.15) is 40.5 Å². The molecule has 1 saturated heterocycles. The third kappa shape index (κ3) is 2.45. The number of hydrogen-bond acceptors (Lipinski definition) is 4. The van der Waals surface area contributed by atoms with Crippen LogP contribution in [0, 0.1) is 35.5 Å². The molecule has 0 N–H and O–H groups in total. The van der Waals surface area contributed by atoms with Gasteiger partial charge in [0.05, 0.1) is 11.8 Å². The van der Waals surface area contributed by atoms with E-state index in [9.17, 15) is 14.4 Å². The van der Waals surface area contributed by atoms with Crippen molar-refractivity contribution in [3.8, 4) is 0 Å². The summed E-state index contributed by atoms with van der Waals surface area (Å²) in [6.45, 7) is 8.01. The summed E-state index contributed by atoms with van der Waals surface area (Å²) in [5.41, 5.74) is 0. The molecule has 1 aliphatic heterocycles. The normalized spacial score (nSPS) is 34.0. The van der Waals surface area contributed by atoms with Crippen molar-refractivity contribution in [2.45, 2.75) is 40.5 Å². The molecule has 0 unspecified atom stereocenters. The van der Waals surface area contributed by atoms with E-state index in [0.717, 1.165) is 0 Å². The molecular formula is C15H22O4. The first kappa shape index (κ1) is 14.2. The van der Waals surface area contributed by atoms with Crippen molar-refractivity contribution in [1.29, 1.82) is 0 Å². The van der Waals surface area contributed by atoms with E-state index in [2.05, 4.69) is 0 Å². The molecule has 4 nitrogen and oxygen atoms in total. The molecule has 1 heterocycles. The summed E-state index contributed by atoms with van der Waals surface area (Å²) in [7, 11) is 0. The zero-order valence-electron chi connectivity index (χ0n) is 12.0. The second-order valence-corrected chi connectivity index (χ2v) is 6.60. The maximum atomic E-state index is 12.4. The summed E-state index contributed by atoms with van der Waals surface area (Å²) in [5, 5.41) is 0. The van der Waals surface area contributed by atoms with Gasteiger partial charge in [-0.05, 0) is 24.2 Å². The quantitative estimate of drug-likeness (QED) is 0.578. The van der Waals surface area contributed by atoms with E-state index in [1.807, 2.05) is 27.7 Å². The van der Waals surface area contributed by atoms with Crippen molar-refractivity contribution < 1.29 is 19.1 Å². The Hall–Kier alpha value is -1.19. The zero-order valence-corrected chi connectivity index (χ0v) is 12.0. The first-order valence-corrected chi connectivity index (χ1v) is 7.11. The van der Waals surface area contributed by atoms with Gasteiger partial charge in [-0.2, -0.15) is 0 Å². The Bertz CT molecular complexity index is 410. The molecule has 0 radical (unpaired) electrons. The highest BCUT2D eigenvalue weighted by Crippen LogP contribution is 2.50. The fourth-order valence-corrected chi connectivity index (χ4v) is 3.70. The lowest BCUT2D eigenvalue weighted by Gasteiger charge is -2.25. The summed E-state index contributed by atoms with van der Waals surface area (Å²) >= 11 is 0. The molecule has 4 heteroatoms. The van der Waals surface area contributed by atoms with Crippen molar-refractivity contribution in [3.63, 3.8) is 0 Å².